The van der Waals surface area contributed by atoms with Crippen LogP contribution in [0.3, 0.4) is 0 Å². The van der Waals surface area contributed by atoms with Crippen molar-refractivity contribution in [2.24, 2.45) is 0 Å². The van der Waals surface area contributed by atoms with E-state index in [2.05, 4.69) is 10.3 Å². The van der Waals surface area contributed by atoms with Crippen LogP contribution in [0, 0.1) is 10.1 Å². The summed E-state index contributed by atoms with van der Waals surface area (Å²) in [6.45, 7) is 0.262. The molecule has 0 radical (unpaired) electrons. The van der Waals surface area contributed by atoms with E-state index in [0.29, 0.717) is 5.76 Å². The van der Waals surface area contributed by atoms with Crippen molar-refractivity contribution in [2.45, 2.75) is 6.54 Å². The molecule has 0 unspecified atom stereocenters. The molecule has 0 spiro atoms. The second-order valence-electron chi connectivity index (χ2n) is 4.02. The number of amides is 2. The maximum atomic E-state index is 11.9. The molecule has 2 heterocycles. The molecule has 104 valence electrons. The number of hydrogen-bond acceptors (Lipinski definition) is 5. The highest BCUT2D eigenvalue weighted by molar-refractivity contribution is 5.91. The third-order valence-corrected chi connectivity index (χ3v) is 2.56. The Labute approximate surface area is 114 Å². The Bertz CT molecular complexity index is 612. The quantitative estimate of drug-likeness (QED) is 0.681. The minimum atomic E-state index is -0.602. The fourth-order valence-electron chi connectivity index (χ4n) is 1.56. The summed E-state index contributed by atoms with van der Waals surface area (Å²) in [7, 11) is 1.56. The summed E-state index contributed by atoms with van der Waals surface area (Å²) in [5, 5.41) is 13.3. The van der Waals surface area contributed by atoms with Gasteiger partial charge in [-0.2, -0.15) is 0 Å². The van der Waals surface area contributed by atoms with Gasteiger partial charge < -0.3 is 14.6 Å². The third kappa shape index (κ3) is 3.10. The van der Waals surface area contributed by atoms with Crippen LogP contribution in [0.2, 0.25) is 0 Å². The largest absolute Gasteiger partial charge is 0.467 e. The lowest BCUT2D eigenvalue weighted by Crippen LogP contribution is -2.30. The SMILES string of the molecule is CN(Cc1ccco1)C(=O)Nc1ccncc1[N+](=O)[O-]. The molecular weight excluding hydrogens is 264 g/mol. The first-order chi connectivity index (χ1) is 9.58. The molecule has 0 atom stereocenters. The van der Waals surface area contributed by atoms with Crippen LogP contribution in [0.25, 0.3) is 0 Å². The molecule has 20 heavy (non-hydrogen) atoms. The van der Waals surface area contributed by atoms with Crippen molar-refractivity contribution < 1.29 is 14.1 Å². The second-order valence-corrected chi connectivity index (χ2v) is 4.02. The molecule has 0 saturated heterocycles. The van der Waals surface area contributed by atoms with Crippen LogP contribution in [0.15, 0.2) is 41.3 Å². The van der Waals surface area contributed by atoms with E-state index in [4.69, 9.17) is 4.42 Å². The molecule has 1 N–H and O–H groups in total. The van der Waals surface area contributed by atoms with Gasteiger partial charge in [-0.05, 0) is 18.2 Å². The number of urea groups is 1. The van der Waals surface area contributed by atoms with Gasteiger partial charge in [0.2, 0.25) is 0 Å². The molecule has 0 aromatic carbocycles. The van der Waals surface area contributed by atoms with Crippen LogP contribution in [-0.2, 0) is 6.54 Å². The zero-order valence-electron chi connectivity index (χ0n) is 10.6. The van der Waals surface area contributed by atoms with Crippen molar-refractivity contribution in [3.8, 4) is 0 Å². The van der Waals surface area contributed by atoms with Gasteiger partial charge in [-0.3, -0.25) is 15.1 Å². The first-order valence-corrected chi connectivity index (χ1v) is 5.71. The lowest BCUT2D eigenvalue weighted by Gasteiger charge is -2.16. The first-order valence-electron chi connectivity index (χ1n) is 5.71. The highest BCUT2D eigenvalue weighted by atomic mass is 16.6. The predicted octanol–water partition coefficient (Wildman–Crippen LogP) is 2.25. The number of nitro groups is 1. The number of rotatable bonds is 4. The third-order valence-electron chi connectivity index (χ3n) is 2.56. The topological polar surface area (TPSA) is 102 Å². The molecule has 0 bridgehead atoms. The Kier molecular flexibility index (Phi) is 3.94. The number of furan rings is 1. The molecule has 0 fully saturated rings. The molecule has 0 aliphatic rings. The number of nitrogens with one attached hydrogen (secondary N) is 1. The Morgan fingerprint density at radius 3 is 3.00 bits per heavy atom. The zero-order chi connectivity index (χ0) is 14.5. The van der Waals surface area contributed by atoms with E-state index in [1.807, 2.05) is 0 Å². The van der Waals surface area contributed by atoms with Crippen molar-refractivity contribution in [1.29, 1.82) is 0 Å². The van der Waals surface area contributed by atoms with E-state index in [1.54, 1.807) is 19.2 Å². The minimum Gasteiger partial charge on any atom is -0.467 e. The Morgan fingerprint density at radius 2 is 2.35 bits per heavy atom. The molecule has 0 aliphatic carbocycles. The Morgan fingerprint density at radius 1 is 1.55 bits per heavy atom. The first kappa shape index (κ1) is 13.5. The zero-order valence-corrected chi connectivity index (χ0v) is 10.6. The highest BCUT2D eigenvalue weighted by Crippen LogP contribution is 2.22. The van der Waals surface area contributed by atoms with Crippen LogP contribution >= 0.6 is 0 Å². The van der Waals surface area contributed by atoms with Crippen molar-refractivity contribution in [3.05, 3.63) is 52.7 Å². The number of pyridine rings is 1. The van der Waals surface area contributed by atoms with Crippen molar-refractivity contribution >= 4 is 17.4 Å². The van der Waals surface area contributed by atoms with Crippen molar-refractivity contribution in [3.63, 3.8) is 0 Å². The number of carbonyl (C=O) groups excluding carboxylic acids is 1. The van der Waals surface area contributed by atoms with Gasteiger partial charge in [-0.25, -0.2) is 4.79 Å². The monoisotopic (exact) mass is 276 g/mol. The molecule has 2 amide bonds. The summed E-state index contributed by atoms with van der Waals surface area (Å²) in [5.74, 6) is 0.617. The number of hydrogen-bond donors (Lipinski definition) is 1. The van der Waals surface area contributed by atoms with E-state index in [1.165, 1.54) is 23.4 Å². The Hall–Kier alpha value is -2.90. The highest BCUT2D eigenvalue weighted by Gasteiger charge is 2.18. The van der Waals surface area contributed by atoms with Crippen LogP contribution < -0.4 is 5.32 Å². The summed E-state index contributed by atoms with van der Waals surface area (Å²) >= 11 is 0. The van der Waals surface area contributed by atoms with E-state index in [-0.39, 0.29) is 17.9 Å². The smallest absolute Gasteiger partial charge is 0.322 e. The van der Waals surface area contributed by atoms with Gasteiger partial charge in [0.25, 0.3) is 0 Å². The second kappa shape index (κ2) is 5.83. The maximum absolute atomic E-state index is 11.9. The normalized spacial score (nSPS) is 10.1. The molecular formula is C12H12N4O4. The minimum absolute atomic E-state index is 0.0984. The molecule has 0 saturated carbocycles. The molecule has 2 aromatic rings. The fraction of sp³-hybridized carbons (Fsp3) is 0.167. The van der Waals surface area contributed by atoms with E-state index >= 15 is 0 Å². The standard InChI is InChI=1S/C12H12N4O4/c1-15(8-9-3-2-6-20-9)12(17)14-10-4-5-13-7-11(10)16(18)19/h2-7H,8H2,1H3,(H,13,14,17). The van der Waals surface area contributed by atoms with Gasteiger partial charge >= 0.3 is 11.7 Å². The lowest BCUT2D eigenvalue weighted by atomic mass is 10.3. The van der Waals surface area contributed by atoms with E-state index in [0.717, 1.165) is 6.20 Å². The Balaban J connectivity index is 2.06. The maximum Gasteiger partial charge on any atom is 0.322 e. The van der Waals surface area contributed by atoms with Crippen LogP contribution in [-0.4, -0.2) is 27.9 Å². The van der Waals surface area contributed by atoms with Crippen LogP contribution in [0.5, 0.6) is 0 Å². The van der Waals surface area contributed by atoms with Gasteiger partial charge in [-0.1, -0.05) is 0 Å². The number of nitrogens with zero attached hydrogens (tertiary/aromatic N) is 3. The van der Waals surface area contributed by atoms with E-state index < -0.39 is 11.0 Å². The van der Waals surface area contributed by atoms with Crippen LogP contribution in [0.1, 0.15) is 5.76 Å². The summed E-state index contributed by atoms with van der Waals surface area (Å²) < 4.78 is 5.13. The van der Waals surface area contributed by atoms with Gasteiger partial charge in [0.1, 0.15) is 17.6 Å². The molecule has 0 aliphatic heterocycles. The van der Waals surface area contributed by atoms with Crippen LogP contribution in [0.4, 0.5) is 16.2 Å². The number of aromatic nitrogens is 1. The van der Waals surface area contributed by atoms with Gasteiger partial charge in [0.15, 0.2) is 0 Å². The number of carbonyl (C=O) groups is 1. The predicted molar refractivity (Wildman–Crippen MR) is 70.1 cm³/mol. The average Bonchev–Trinajstić information content (AvgIpc) is 2.91. The molecule has 8 heteroatoms. The number of anilines is 1. The van der Waals surface area contributed by atoms with E-state index in [9.17, 15) is 14.9 Å². The summed E-state index contributed by atoms with van der Waals surface area (Å²) in [5.41, 5.74) is -0.159. The van der Waals surface area contributed by atoms with Crippen molar-refractivity contribution in [2.75, 3.05) is 12.4 Å². The summed E-state index contributed by atoms with van der Waals surface area (Å²) in [4.78, 5) is 27.2. The van der Waals surface area contributed by atoms with Gasteiger partial charge in [0.05, 0.1) is 17.7 Å². The molecule has 2 rings (SSSR count). The van der Waals surface area contributed by atoms with Crippen molar-refractivity contribution in [1.82, 2.24) is 9.88 Å². The summed E-state index contributed by atoms with van der Waals surface area (Å²) in [6, 6.07) is 4.35. The fourth-order valence-corrected chi connectivity index (χ4v) is 1.56. The lowest BCUT2D eigenvalue weighted by molar-refractivity contribution is -0.384. The van der Waals surface area contributed by atoms with Gasteiger partial charge in [-0.15, -0.1) is 0 Å². The molecule has 8 nitrogen and oxygen atoms in total. The summed E-state index contributed by atoms with van der Waals surface area (Å²) in [6.07, 6.45) is 3.96. The molecule has 2 aromatic heterocycles. The average molecular weight is 276 g/mol. The van der Waals surface area contributed by atoms with Gasteiger partial charge in [0, 0.05) is 13.2 Å².